The molecule has 7 nitrogen and oxygen atoms in total. The monoisotopic (exact) mass is 470 g/mol. The molecule has 1 aliphatic carbocycles. The van der Waals surface area contributed by atoms with Crippen molar-refractivity contribution in [1.29, 1.82) is 0 Å². The van der Waals surface area contributed by atoms with E-state index in [1.165, 1.54) is 34.0 Å². The Morgan fingerprint density at radius 2 is 1.61 bits per heavy atom. The Balaban J connectivity index is 1.34. The second-order valence-electron chi connectivity index (χ2n) is 8.82. The molecular formula is C25H30N2O5S. The smallest absolute Gasteiger partial charge is 0.407 e. The van der Waals surface area contributed by atoms with Crippen LogP contribution in [0, 0.1) is 5.41 Å². The summed E-state index contributed by atoms with van der Waals surface area (Å²) in [4.78, 5) is 34.9. The summed E-state index contributed by atoms with van der Waals surface area (Å²) >= 11 is 1.39. The van der Waals surface area contributed by atoms with E-state index in [9.17, 15) is 14.4 Å². The highest BCUT2D eigenvalue weighted by Gasteiger charge is 2.29. The van der Waals surface area contributed by atoms with E-state index in [1.807, 2.05) is 24.3 Å². The summed E-state index contributed by atoms with van der Waals surface area (Å²) < 4.78 is 5.49. The Labute approximate surface area is 198 Å². The van der Waals surface area contributed by atoms with Gasteiger partial charge in [-0.15, -0.1) is 0 Å². The average Bonchev–Trinajstić information content (AvgIpc) is 3.09. The Morgan fingerprint density at radius 1 is 1.00 bits per heavy atom. The maximum absolute atomic E-state index is 12.2. The van der Waals surface area contributed by atoms with Gasteiger partial charge in [0.1, 0.15) is 6.61 Å². The van der Waals surface area contributed by atoms with Crippen molar-refractivity contribution in [2.75, 3.05) is 31.2 Å². The minimum Gasteiger partial charge on any atom is -0.481 e. The highest BCUT2D eigenvalue weighted by molar-refractivity contribution is 7.99. The molecule has 3 rings (SSSR count). The van der Waals surface area contributed by atoms with E-state index in [1.54, 1.807) is 13.8 Å². The van der Waals surface area contributed by atoms with Gasteiger partial charge in [-0.3, -0.25) is 9.59 Å². The van der Waals surface area contributed by atoms with E-state index in [4.69, 9.17) is 9.84 Å². The summed E-state index contributed by atoms with van der Waals surface area (Å²) in [6.07, 6.45) is -0.484. The maximum Gasteiger partial charge on any atom is 0.407 e. The van der Waals surface area contributed by atoms with Gasteiger partial charge in [0.25, 0.3) is 0 Å². The summed E-state index contributed by atoms with van der Waals surface area (Å²) in [6, 6.07) is 16.4. The van der Waals surface area contributed by atoms with E-state index < -0.39 is 17.5 Å². The molecule has 8 heteroatoms. The molecule has 0 aromatic heterocycles. The molecule has 0 aliphatic heterocycles. The van der Waals surface area contributed by atoms with Crippen LogP contribution in [0.1, 0.15) is 37.3 Å². The van der Waals surface area contributed by atoms with Crippen molar-refractivity contribution in [2.24, 2.45) is 5.41 Å². The number of carbonyl (C=O) groups is 3. The number of ether oxygens (including phenoxy) is 1. The largest absolute Gasteiger partial charge is 0.481 e. The Bertz CT molecular complexity index is 962. The van der Waals surface area contributed by atoms with E-state index in [0.717, 1.165) is 0 Å². The van der Waals surface area contributed by atoms with Crippen LogP contribution in [0.15, 0.2) is 48.5 Å². The number of hydrogen-bond donors (Lipinski definition) is 3. The molecule has 0 saturated carbocycles. The summed E-state index contributed by atoms with van der Waals surface area (Å²) in [6.45, 7) is 4.55. The van der Waals surface area contributed by atoms with Crippen LogP contribution < -0.4 is 10.6 Å². The van der Waals surface area contributed by atoms with Crippen molar-refractivity contribution in [3.05, 3.63) is 59.7 Å². The van der Waals surface area contributed by atoms with Gasteiger partial charge in [-0.05, 0) is 27.7 Å². The quantitative estimate of drug-likeness (QED) is 0.431. The van der Waals surface area contributed by atoms with Crippen molar-refractivity contribution in [3.8, 4) is 11.1 Å². The van der Waals surface area contributed by atoms with Gasteiger partial charge >= 0.3 is 12.1 Å². The molecule has 2 aromatic carbocycles. The van der Waals surface area contributed by atoms with Crippen molar-refractivity contribution in [2.45, 2.75) is 26.2 Å². The number of carboxylic acids is 1. The van der Waals surface area contributed by atoms with E-state index >= 15 is 0 Å². The molecule has 0 unspecified atom stereocenters. The Kier molecular flexibility index (Phi) is 8.38. The number of carbonyl (C=O) groups excluding carboxylic acids is 2. The van der Waals surface area contributed by atoms with Crippen LogP contribution in [0.25, 0.3) is 11.1 Å². The lowest BCUT2D eigenvalue weighted by Crippen LogP contribution is -2.36. The number of aliphatic carboxylic acids is 1. The fourth-order valence-corrected chi connectivity index (χ4v) is 4.58. The fourth-order valence-electron chi connectivity index (χ4n) is 3.90. The zero-order valence-corrected chi connectivity index (χ0v) is 19.7. The molecule has 3 N–H and O–H groups in total. The molecule has 0 heterocycles. The lowest BCUT2D eigenvalue weighted by atomic mass is 9.89. The zero-order chi connectivity index (χ0) is 23.8. The van der Waals surface area contributed by atoms with Gasteiger partial charge in [0.15, 0.2) is 0 Å². The number of fused-ring (bicyclic) bond motifs is 3. The van der Waals surface area contributed by atoms with Crippen LogP contribution in [0.4, 0.5) is 4.79 Å². The van der Waals surface area contributed by atoms with Gasteiger partial charge in [0.05, 0.1) is 12.2 Å². The number of nitrogens with one attached hydrogen (secondary N) is 2. The van der Waals surface area contributed by atoms with E-state index in [-0.39, 0.29) is 30.6 Å². The standard InChI is InChI=1S/C25H30N2O5S/c1-25(2,13-23(29)30)16-27-22(28)15-33-12-11-26-24(31)32-14-21-19-9-5-3-7-17(19)18-8-4-6-10-20(18)21/h3-10,21H,11-16H2,1-2H3,(H,26,31)(H,27,28)(H,29,30). The molecule has 0 atom stereocenters. The molecule has 0 bridgehead atoms. The molecule has 0 radical (unpaired) electrons. The first kappa shape index (κ1) is 24.6. The summed E-state index contributed by atoms with van der Waals surface area (Å²) in [7, 11) is 0. The van der Waals surface area contributed by atoms with Crippen LogP contribution in [0.3, 0.4) is 0 Å². The maximum atomic E-state index is 12.2. The number of hydrogen-bond acceptors (Lipinski definition) is 5. The molecule has 176 valence electrons. The lowest BCUT2D eigenvalue weighted by molar-refractivity contribution is -0.139. The van der Waals surface area contributed by atoms with Crippen LogP contribution >= 0.6 is 11.8 Å². The van der Waals surface area contributed by atoms with Crippen LogP contribution in [0.5, 0.6) is 0 Å². The van der Waals surface area contributed by atoms with E-state index in [0.29, 0.717) is 18.8 Å². The SMILES string of the molecule is CC(C)(CNC(=O)CSCCNC(=O)OCC1c2ccccc2-c2ccccc21)CC(=O)O. The summed E-state index contributed by atoms with van der Waals surface area (Å²) in [5.74, 6) is -0.208. The van der Waals surface area contributed by atoms with Crippen LogP contribution in [-0.4, -0.2) is 54.3 Å². The van der Waals surface area contributed by atoms with E-state index in [2.05, 4.69) is 34.9 Å². The van der Waals surface area contributed by atoms with Crippen molar-refractivity contribution >= 4 is 29.7 Å². The lowest BCUT2D eigenvalue weighted by Gasteiger charge is -2.22. The van der Waals surface area contributed by atoms with Gasteiger partial charge < -0.3 is 20.5 Å². The number of thioether (sulfide) groups is 1. The second-order valence-corrected chi connectivity index (χ2v) is 9.92. The molecule has 0 spiro atoms. The van der Waals surface area contributed by atoms with Crippen molar-refractivity contribution in [3.63, 3.8) is 0 Å². The second kappa shape index (κ2) is 11.2. The molecular weight excluding hydrogens is 440 g/mol. The highest BCUT2D eigenvalue weighted by Crippen LogP contribution is 2.44. The first-order valence-corrected chi connectivity index (χ1v) is 12.1. The van der Waals surface area contributed by atoms with Gasteiger partial charge in [-0.25, -0.2) is 4.79 Å². The van der Waals surface area contributed by atoms with Crippen molar-refractivity contribution < 1.29 is 24.2 Å². The number of alkyl carbamates (subject to hydrolysis) is 1. The minimum absolute atomic E-state index is 0.00944. The number of amides is 2. The van der Waals surface area contributed by atoms with Crippen LogP contribution in [0.2, 0.25) is 0 Å². The van der Waals surface area contributed by atoms with Gasteiger partial charge in [-0.1, -0.05) is 62.4 Å². The predicted octanol–water partition coefficient (Wildman–Crippen LogP) is 3.88. The topological polar surface area (TPSA) is 105 Å². The zero-order valence-electron chi connectivity index (χ0n) is 18.9. The Morgan fingerprint density at radius 3 is 2.21 bits per heavy atom. The normalized spacial score (nSPS) is 12.5. The third kappa shape index (κ3) is 6.99. The summed E-state index contributed by atoms with van der Waals surface area (Å²) in [5, 5.41) is 14.4. The average molecular weight is 471 g/mol. The molecule has 2 aromatic rings. The minimum atomic E-state index is -0.886. The fraction of sp³-hybridized carbons (Fsp3) is 0.400. The van der Waals surface area contributed by atoms with Crippen molar-refractivity contribution in [1.82, 2.24) is 10.6 Å². The third-order valence-corrected chi connectivity index (χ3v) is 6.45. The predicted molar refractivity (Wildman–Crippen MR) is 129 cm³/mol. The molecule has 33 heavy (non-hydrogen) atoms. The molecule has 2 amide bonds. The number of benzene rings is 2. The molecule has 0 saturated heterocycles. The summed E-state index contributed by atoms with van der Waals surface area (Å²) in [5.41, 5.74) is 4.20. The first-order valence-electron chi connectivity index (χ1n) is 10.9. The first-order chi connectivity index (χ1) is 15.8. The van der Waals surface area contributed by atoms with Gasteiger partial charge in [0, 0.05) is 24.8 Å². The number of rotatable bonds is 11. The van der Waals surface area contributed by atoms with Crippen LogP contribution in [-0.2, 0) is 14.3 Å². The molecule has 0 fully saturated rings. The highest BCUT2D eigenvalue weighted by atomic mass is 32.2. The third-order valence-electron chi connectivity index (χ3n) is 5.49. The van der Waals surface area contributed by atoms with Gasteiger partial charge in [0.2, 0.25) is 5.91 Å². The molecule has 1 aliphatic rings. The number of carboxylic acid groups (broad SMARTS) is 1. The Hall–Kier alpha value is -3.00. The van der Waals surface area contributed by atoms with Gasteiger partial charge in [-0.2, -0.15) is 11.8 Å².